The summed E-state index contributed by atoms with van der Waals surface area (Å²) in [7, 11) is 0. The fourth-order valence-electron chi connectivity index (χ4n) is 1.24. The van der Waals surface area contributed by atoms with E-state index in [2.05, 4.69) is 26.6 Å². The normalized spacial score (nSPS) is 9.95. The molecule has 0 aromatic carbocycles. The van der Waals surface area contributed by atoms with Crippen LogP contribution in [0.5, 0.6) is 0 Å². The van der Waals surface area contributed by atoms with E-state index in [-0.39, 0.29) is 12.8 Å². The van der Waals surface area contributed by atoms with Gasteiger partial charge >= 0.3 is 12.0 Å². The molecule has 104 valence electrons. The molecule has 1 aromatic rings. The van der Waals surface area contributed by atoms with Crippen LogP contribution < -0.4 is 10.6 Å². The predicted octanol–water partition coefficient (Wildman–Crippen LogP) is 1.74. The van der Waals surface area contributed by atoms with Gasteiger partial charge in [-0.15, -0.1) is 11.3 Å². The predicted molar refractivity (Wildman–Crippen MR) is 74.1 cm³/mol. The zero-order valence-electron chi connectivity index (χ0n) is 9.94. The number of thiophene rings is 1. The number of hydrogen-bond donors (Lipinski definition) is 3. The fraction of sp³-hybridized carbons (Fsp3) is 0.364. The number of carboxylic acid groups (broad SMARTS) is 1. The average molecular weight is 349 g/mol. The van der Waals surface area contributed by atoms with Crippen molar-refractivity contribution in [3.05, 3.63) is 20.8 Å². The number of rotatable bonds is 6. The number of halogens is 1. The first kappa shape index (κ1) is 15.6. The number of carbonyl (C=O) groups is 3. The van der Waals surface area contributed by atoms with Gasteiger partial charge in [0.15, 0.2) is 0 Å². The van der Waals surface area contributed by atoms with E-state index in [1.807, 2.05) is 12.1 Å². The monoisotopic (exact) mass is 348 g/mol. The summed E-state index contributed by atoms with van der Waals surface area (Å²) in [6.07, 6.45) is 0.177. The molecule has 0 bridgehead atoms. The molecule has 0 saturated heterocycles. The Bertz CT molecular complexity index is 475. The minimum Gasteiger partial charge on any atom is -0.481 e. The van der Waals surface area contributed by atoms with Gasteiger partial charge in [0.1, 0.15) is 0 Å². The lowest BCUT2D eigenvalue weighted by atomic mass is 10.3. The molecule has 8 heteroatoms. The van der Waals surface area contributed by atoms with Crippen LogP contribution in [0.3, 0.4) is 0 Å². The van der Waals surface area contributed by atoms with Crippen LogP contribution in [0.25, 0.3) is 0 Å². The van der Waals surface area contributed by atoms with E-state index >= 15 is 0 Å². The third kappa shape index (κ3) is 6.92. The molecule has 6 nitrogen and oxygen atoms in total. The number of carboxylic acids is 1. The lowest BCUT2D eigenvalue weighted by Crippen LogP contribution is -2.40. The summed E-state index contributed by atoms with van der Waals surface area (Å²) in [6, 6.07) is 3.27. The third-order valence-corrected chi connectivity index (χ3v) is 3.79. The van der Waals surface area contributed by atoms with Crippen LogP contribution in [-0.4, -0.2) is 29.6 Å². The van der Waals surface area contributed by atoms with E-state index < -0.39 is 17.9 Å². The summed E-state index contributed by atoms with van der Waals surface area (Å²) < 4.78 is 1.02. The molecule has 19 heavy (non-hydrogen) atoms. The van der Waals surface area contributed by atoms with Gasteiger partial charge in [0.2, 0.25) is 5.91 Å². The summed E-state index contributed by atoms with van der Waals surface area (Å²) in [5, 5.41) is 13.0. The van der Waals surface area contributed by atoms with Gasteiger partial charge in [-0.1, -0.05) is 0 Å². The van der Waals surface area contributed by atoms with Crippen LogP contribution in [0.4, 0.5) is 4.79 Å². The van der Waals surface area contributed by atoms with E-state index in [0.717, 1.165) is 8.66 Å². The van der Waals surface area contributed by atoms with Crippen molar-refractivity contribution in [1.82, 2.24) is 10.6 Å². The van der Waals surface area contributed by atoms with Gasteiger partial charge in [0.05, 0.1) is 10.2 Å². The smallest absolute Gasteiger partial charge is 0.321 e. The number of amides is 3. The summed E-state index contributed by atoms with van der Waals surface area (Å²) in [6.45, 7) is 0.408. The maximum Gasteiger partial charge on any atom is 0.321 e. The maximum atomic E-state index is 11.3. The van der Waals surface area contributed by atoms with Crippen LogP contribution in [0.2, 0.25) is 0 Å². The van der Waals surface area contributed by atoms with Crippen molar-refractivity contribution in [3.8, 4) is 0 Å². The van der Waals surface area contributed by atoms with Crippen molar-refractivity contribution in [2.45, 2.75) is 19.3 Å². The second-order valence-corrected chi connectivity index (χ2v) is 6.20. The van der Waals surface area contributed by atoms with Crippen LogP contribution in [-0.2, 0) is 16.0 Å². The number of carbonyl (C=O) groups excluding carboxylic acids is 2. The Morgan fingerprint density at radius 2 is 2.00 bits per heavy atom. The molecular weight excluding hydrogens is 336 g/mol. The fourth-order valence-corrected chi connectivity index (χ4v) is 2.72. The Morgan fingerprint density at radius 1 is 1.26 bits per heavy atom. The Labute approximate surface area is 122 Å². The molecule has 3 N–H and O–H groups in total. The van der Waals surface area contributed by atoms with Gasteiger partial charge in [-0.2, -0.15) is 0 Å². The SMILES string of the molecule is O=C(O)CCC(=O)NC(=O)NCCc1ccc(Br)s1. The molecule has 1 rings (SSSR count). The van der Waals surface area contributed by atoms with Gasteiger partial charge in [-0.25, -0.2) is 4.79 Å². The van der Waals surface area contributed by atoms with Gasteiger partial charge in [0, 0.05) is 17.8 Å². The standard InChI is InChI=1S/C11H13BrN2O4S/c12-8-2-1-7(19-8)5-6-13-11(18)14-9(15)3-4-10(16)17/h1-2H,3-6H2,(H,16,17)(H2,13,14,15,18). The Hall–Kier alpha value is -1.41. The molecule has 0 saturated carbocycles. The molecule has 0 aliphatic carbocycles. The Balaban J connectivity index is 2.17. The highest BCUT2D eigenvalue weighted by atomic mass is 79.9. The average Bonchev–Trinajstić information content (AvgIpc) is 2.72. The van der Waals surface area contributed by atoms with Crippen LogP contribution in [0.15, 0.2) is 15.9 Å². The van der Waals surface area contributed by atoms with E-state index in [1.165, 1.54) is 0 Å². The summed E-state index contributed by atoms with van der Waals surface area (Å²) in [5.41, 5.74) is 0. The summed E-state index contributed by atoms with van der Waals surface area (Å²) >= 11 is 4.92. The summed E-state index contributed by atoms with van der Waals surface area (Å²) in [5.74, 6) is -1.67. The van der Waals surface area contributed by atoms with Crippen molar-refractivity contribution in [2.75, 3.05) is 6.54 Å². The van der Waals surface area contributed by atoms with E-state index in [4.69, 9.17) is 5.11 Å². The molecule has 0 aliphatic heterocycles. The minimum atomic E-state index is -1.07. The van der Waals surface area contributed by atoms with Gasteiger partial charge in [-0.05, 0) is 34.5 Å². The van der Waals surface area contributed by atoms with Crippen LogP contribution >= 0.6 is 27.3 Å². The summed E-state index contributed by atoms with van der Waals surface area (Å²) in [4.78, 5) is 33.8. The van der Waals surface area contributed by atoms with Crippen molar-refractivity contribution in [2.24, 2.45) is 0 Å². The van der Waals surface area contributed by atoms with Crippen molar-refractivity contribution in [1.29, 1.82) is 0 Å². The first-order valence-electron chi connectivity index (χ1n) is 5.51. The molecule has 0 radical (unpaired) electrons. The molecule has 1 heterocycles. The molecule has 0 unspecified atom stereocenters. The van der Waals surface area contributed by atoms with Crippen molar-refractivity contribution >= 4 is 45.2 Å². The first-order chi connectivity index (χ1) is 8.97. The topological polar surface area (TPSA) is 95.5 Å². The number of urea groups is 1. The maximum absolute atomic E-state index is 11.3. The largest absolute Gasteiger partial charge is 0.481 e. The molecular formula is C11H13BrN2O4S. The second-order valence-electron chi connectivity index (χ2n) is 3.65. The van der Waals surface area contributed by atoms with E-state index in [0.29, 0.717) is 13.0 Å². The highest BCUT2D eigenvalue weighted by Gasteiger charge is 2.09. The van der Waals surface area contributed by atoms with Crippen LogP contribution in [0.1, 0.15) is 17.7 Å². The molecule has 0 aliphatic rings. The van der Waals surface area contributed by atoms with Gasteiger partial charge in [-0.3, -0.25) is 14.9 Å². The zero-order valence-corrected chi connectivity index (χ0v) is 12.3. The molecule has 1 aromatic heterocycles. The Kier molecular flexibility index (Phi) is 6.51. The lowest BCUT2D eigenvalue weighted by molar-refractivity contribution is -0.138. The molecule has 0 fully saturated rings. The highest BCUT2D eigenvalue weighted by molar-refractivity contribution is 9.11. The van der Waals surface area contributed by atoms with Crippen LogP contribution in [0, 0.1) is 0 Å². The zero-order chi connectivity index (χ0) is 14.3. The molecule has 0 spiro atoms. The molecule has 3 amide bonds. The van der Waals surface area contributed by atoms with Crippen molar-refractivity contribution in [3.63, 3.8) is 0 Å². The number of imide groups is 1. The quantitative estimate of drug-likeness (QED) is 0.729. The van der Waals surface area contributed by atoms with E-state index in [1.54, 1.807) is 11.3 Å². The lowest BCUT2D eigenvalue weighted by Gasteiger charge is -2.05. The first-order valence-corrected chi connectivity index (χ1v) is 7.12. The third-order valence-electron chi connectivity index (χ3n) is 2.10. The number of nitrogens with one attached hydrogen (secondary N) is 2. The number of hydrogen-bond acceptors (Lipinski definition) is 4. The van der Waals surface area contributed by atoms with Gasteiger partial charge < -0.3 is 10.4 Å². The molecule has 0 atom stereocenters. The highest BCUT2D eigenvalue weighted by Crippen LogP contribution is 2.21. The van der Waals surface area contributed by atoms with Crippen molar-refractivity contribution < 1.29 is 19.5 Å². The Morgan fingerprint density at radius 3 is 2.58 bits per heavy atom. The minimum absolute atomic E-state index is 0.208. The second kappa shape index (κ2) is 7.90. The van der Waals surface area contributed by atoms with Gasteiger partial charge in [0.25, 0.3) is 0 Å². The number of aliphatic carboxylic acids is 1. The van der Waals surface area contributed by atoms with E-state index in [9.17, 15) is 14.4 Å².